The SMILES string of the molecule is O=C(c1ccc(N2CCOc3ccc(Cl)cc32)s1)N1CCc2ccccc21. The second kappa shape index (κ2) is 6.59. The molecule has 6 heteroatoms. The van der Waals surface area contributed by atoms with Crippen LogP contribution in [0.5, 0.6) is 5.75 Å². The number of carbonyl (C=O) groups is 1. The summed E-state index contributed by atoms with van der Waals surface area (Å²) in [4.78, 5) is 17.9. The van der Waals surface area contributed by atoms with Crippen molar-refractivity contribution in [2.24, 2.45) is 0 Å². The fraction of sp³-hybridized carbons (Fsp3) is 0.190. The highest BCUT2D eigenvalue weighted by Gasteiger charge is 2.27. The van der Waals surface area contributed by atoms with E-state index in [-0.39, 0.29) is 5.91 Å². The second-order valence-electron chi connectivity index (χ2n) is 6.59. The number of halogens is 1. The number of carbonyl (C=O) groups excluding carboxylic acids is 1. The summed E-state index contributed by atoms with van der Waals surface area (Å²) in [6.07, 6.45) is 0.912. The van der Waals surface area contributed by atoms with Gasteiger partial charge in [0.2, 0.25) is 0 Å². The van der Waals surface area contributed by atoms with E-state index in [1.54, 1.807) is 0 Å². The fourth-order valence-corrected chi connectivity index (χ4v) is 4.85. The number of anilines is 3. The topological polar surface area (TPSA) is 32.8 Å². The largest absolute Gasteiger partial charge is 0.490 e. The molecule has 1 amide bonds. The molecule has 2 aliphatic heterocycles. The van der Waals surface area contributed by atoms with Gasteiger partial charge in [0.05, 0.1) is 22.1 Å². The van der Waals surface area contributed by atoms with Gasteiger partial charge in [-0.2, -0.15) is 0 Å². The molecule has 2 aliphatic rings. The number of nitrogens with zero attached hydrogens (tertiary/aromatic N) is 2. The van der Waals surface area contributed by atoms with Gasteiger partial charge in [0.1, 0.15) is 12.4 Å². The molecule has 4 nitrogen and oxygen atoms in total. The highest BCUT2D eigenvalue weighted by Crippen LogP contribution is 2.41. The number of ether oxygens (including phenoxy) is 1. The molecule has 0 radical (unpaired) electrons. The molecule has 3 heterocycles. The Morgan fingerprint density at radius 3 is 2.85 bits per heavy atom. The minimum atomic E-state index is 0.0655. The van der Waals surface area contributed by atoms with E-state index in [2.05, 4.69) is 11.0 Å². The molecule has 1 aromatic heterocycles. The van der Waals surface area contributed by atoms with Gasteiger partial charge in [-0.25, -0.2) is 0 Å². The first-order valence-electron chi connectivity index (χ1n) is 8.90. The zero-order valence-corrected chi connectivity index (χ0v) is 16.1. The Morgan fingerprint density at radius 1 is 1.04 bits per heavy atom. The summed E-state index contributed by atoms with van der Waals surface area (Å²) in [6.45, 7) is 2.07. The van der Waals surface area contributed by atoms with E-state index in [0.717, 1.165) is 46.5 Å². The van der Waals surface area contributed by atoms with Crippen LogP contribution < -0.4 is 14.5 Å². The van der Waals surface area contributed by atoms with Gasteiger partial charge in [-0.15, -0.1) is 11.3 Å². The quantitative estimate of drug-likeness (QED) is 0.601. The van der Waals surface area contributed by atoms with Crippen LogP contribution in [0.2, 0.25) is 5.02 Å². The van der Waals surface area contributed by atoms with Crippen LogP contribution in [0.25, 0.3) is 0 Å². The lowest BCUT2D eigenvalue weighted by Crippen LogP contribution is -2.28. The Kier molecular flexibility index (Phi) is 4.06. The molecule has 136 valence electrons. The van der Waals surface area contributed by atoms with E-state index in [1.807, 2.05) is 53.4 Å². The predicted octanol–water partition coefficient (Wildman–Crippen LogP) is 5.13. The number of thiophene rings is 1. The first kappa shape index (κ1) is 16.7. The molecule has 0 aliphatic carbocycles. The smallest absolute Gasteiger partial charge is 0.268 e. The molecule has 0 fully saturated rings. The van der Waals surface area contributed by atoms with Gasteiger partial charge < -0.3 is 14.5 Å². The summed E-state index contributed by atoms with van der Waals surface area (Å²) in [5, 5.41) is 1.70. The van der Waals surface area contributed by atoms with Crippen LogP contribution in [0, 0.1) is 0 Å². The van der Waals surface area contributed by atoms with Crippen molar-refractivity contribution in [1.29, 1.82) is 0 Å². The summed E-state index contributed by atoms with van der Waals surface area (Å²) >= 11 is 7.69. The lowest BCUT2D eigenvalue weighted by atomic mass is 10.2. The Bertz CT molecular complexity index is 1030. The number of amides is 1. The Labute approximate surface area is 166 Å². The van der Waals surface area contributed by atoms with Crippen LogP contribution in [0.3, 0.4) is 0 Å². The molecular formula is C21H17ClN2O2S. The van der Waals surface area contributed by atoms with Gasteiger partial charge in [0, 0.05) is 17.3 Å². The van der Waals surface area contributed by atoms with E-state index >= 15 is 0 Å². The van der Waals surface area contributed by atoms with Crippen LogP contribution in [0.15, 0.2) is 54.6 Å². The van der Waals surface area contributed by atoms with Crippen LogP contribution in [0.1, 0.15) is 15.2 Å². The third kappa shape index (κ3) is 2.87. The predicted molar refractivity (Wildman–Crippen MR) is 110 cm³/mol. The molecule has 2 aromatic carbocycles. The zero-order chi connectivity index (χ0) is 18.4. The average Bonchev–Trinajstić information content (AvgIpc) is 3.34. The summed E-state index contributed by atoms with van der Waals surface area (Å²) in [6, 6.07) is 17.7. The minimum absolute atomic E-state index is 0.0655. The third-order valence-electron chi connectivity index (χ3n) is 4.99. The normalized spacial score (nSPS) is 15.3. The molecule has 5 rings (SSSR count). The number of hydrogen-bond acceptors (Lipinski definition) is 4. The van der Waals surface area contributed by atoms with Gasteiger partial charge >= 0.3 is 0 Å². The third-order valence-corrected chi connectivity index (χ3v) is 6.32. The van der Waals surface area contributed by atoms with Gasteiger partial charge in [0.25, 0.3) is 5.91 Å². The van der Waals surface area contributed by atoms with Gasteiger partial charge in [0.15, 0.2) is 0 Å². The monoisotopic (exact) mass is 396 g/mol. The second-order valence-corrected chi connectivity index (χ2v) is 8.08. The number of fused-ring (bicyclic) bond motifs is 2. The molecule has 0 saturated carbocycles. The number of hydrogen-bond donors (Lipinski definition) is 0. The molecule has 0 spiro atoms. The summed E-state index contributed by atoms with van der Waals surface area (Å²) in [5.41, 5.74) is 3.21. The molecular weight excluding hydrogens is 380 g/mol. The maximum atomic E-state index is 13.1. The summed E-state index contributed by atoms with van der Waals surface area (Å²) in [5.74, 6) is 0.885. The average molecular weight is 397 g/mol. The molecule has 0 atom stereocenters. The lowest BCUT2D eigenvalue weighted by Gasteiger charge is -2.30. The van der Waals surface area contributed by atoms with E-state index in [1.165, 1.54) is 16.9 Å². The molecule has 0 N–H and O–H groups in total. The van der Waals surface area contributed by atoms with E-state index < -0.39 is 0 Å². The minimum Gasteiger partial charge on any atom is -0.490 e. The van der Waals surface area contributed by atoms with Crippen LogP contribution in [-0.4, -0.2) is 25.6 Å². The maximum Gasteiger partial charge on any atom is 0.268 e. The van der Waals surface area contributed by atoms with Crippen molar-refractivity contribution < 1.29 is 9.53 Å². The van der Waals surface area contributed by atoms with Crippen molar-refractivity contribution in [2.75, 3.05) is 29.5 Å². The van der Waals surface area contributed by atoms with Crippen LogP contribution in [-0.2, 0) is 6.42 Å². The molecule has 27 heavy (non-hydrogen) atoms. The summed E-state index contributed by atoms with van der Waals surface area (Å²) in [7, 11) is 0. The standard InChI is InChI=1S/C21H17ClN2O2S/c22-15-5-6-18-17(13-15)23(11-12-26-18)20-8-7-19(27-20)21(25)24-10-9-14-3-1-2-4-16(14)24/h1-8,13H,9-12H2. The number of rotatable bonds is 2. The number of para-hydroxylation sites is 1. The van der Waals surface area contributed by atoms with Gasteiger partial charge in [-0.05, 0) is 48.4 Å². The van der Waals surface area contributed by atoms with Crippen molar-refractivity contribution in [1.82, 2.24) is 0 Å². The van der Waals surface area contributed by atoms with Crippen LogP contribution in [0.4, 0.5) is 16.4 Å². The van der Waals surface area contributed by atoms with E-state index in [4.69, 9.17) is 16.3 Å². The van der Waals surface area contributed by atoms with Crippen molar-refractivity contribution >= 4 is 45.2 Å². The van der Waals surface area contributed by atoms with Gasteiger partial charge in [-0.3, -0.25) is 4.79 Å². The van der Waals surface area contributed by atoms with E-state index in [9.17, 15) is 4.79 Å². The Hall–Kier alpha value is -2.50. The maximum absolute atomic E-state index is 13.1. The molecule has 3 aromatic rings. The summed E-state index contributed by atoms with van der Waals surface area (Å²) < 4.78 is 5.73. The highest BCUT2D eigenvalue weighted by atomic mass is 35.5. The first-order valence-corrected chi connectivity index (χ1v) is 10.1. The Morgan fingerprint density at radius 2 is 1.93 bits per heavy atom. The lowest BCUT2D eigenvalue weighted by molar-refractivity contribution is 0.0993. The number of benzene rings is 2. The van der Waals surface area contributed by atoms with E-state index in [0.29, 0.717) is 11.6 Å². The Balaban J connectivity index is 1.45. The zero-order valence-electron chi connectivity index (χ0n) is 14.5. The molecule has 0 saturated heterocycles. The fourth-order valence-electron chi connectivity index (χ4n) is 3.69. The van der Waals surface area contributed by atoms with Crippen molar-refractivity contribution in [3.63, 3.8) is 0 Å². The van der Waals surface area contributed by atoms with Crippen molar-refractivity contribution in [3.8, 4) is 5.75 Å². The van der Waals surface area contributed by atoms with Gasteiger partial charge in [-0.1, -0.05) is 29.8 Å². The van der Waals surface area contributed by atoms with Crippen molar-refractivity contribution in [2.45, 2.75) is 6.42 Å². The molecule has 0 bridgehead atoms. The highest BCUT2D eigenvalue weighted by molar-refractivity contribution is 7.18. The van der Waals surface area contributed by atoms with Crippen LogP contribution >= 0.6 is 22.9 Å². The van der Waals surface area contributed by atoms with Crippen molar-refractivity contribution in [3.05, 3.63) is 70.1 Å². The molecule has 0 unspecified atom stereocenters. The first-order chi connectivity index (χ1) is 13.2.